The van der Waals surface area contributed by atoms with Gasteiger partial charge in [-0.15, -0.1) is 10.2 Å². The third kappa shape index (κ3) is 2.10. The van der Waals surface area contributed by atoms with Gasteiger partial charge < -0.3 is 11.1 Å². The average molecular weight is 227 g/mol. The molecule has 0 bridgehead atoms. The molecule has 0 aliphatic rings. The van der Waals surface area contributed by atoms with Crippen molar-refractivity contribution in [2.45, 2.75) is 6.54 Å². The molecule has 2 rings (SSSR count). The highest BCUT2D eigenvalue weighted by Crippen LogP contribution is 2.21. The highest BCUT2D eigenvalue weighted by Gasteiger charge is 2.06. The van der Waals surface area contributed by atoms with Crippen LogP contribution in [-0.4, -0.2) is 30.6 Å². The first-order valence-corrected chi connectivity index (χ1v) is 4.37. The standard InChI is InChI=1S/C6H7ClN8/c7-5-4(8)6(11-2-10-5)9-1-3-12-14-15-13-3/h2H,1,8H2,(H,9,10,11)(H,12,13,14,15). The topological polar surface area (TPSA) is 118 Å². The third-order valence-corrected chi connectivity index (χ3v) is 1.94. The van der Waals surface area contributed by atoms with Crippen LogP contribution in [0.2, 0.25) is 5.15 Å². The van der Waals surface area contributed by atoms with Gasteiger partial charge in [0.2, 0.25) is 0 Å². The molecular weight excluding hydrogens is 220 g/mol. The van der Waals surface area contributed by atoms with Gasteiger partial charge in [-0.3, -0.25) is 0 Å². The van der Waals surface area contributed by atoms with Crippen LogP contribution in [-0.2, 0) is 6.54 Å². The summed E-state index contributed by atoms with van der Waals surface area (Å²) in [4.78, 5) is 7.64. The summed E-state index contributed by atoms with van der Waals surface area (Å²) < 4.78 is 0. The van der Waals surface area contributed by atoms with Gasteiger partial charge in [0, 0.05) is 0 Å². The Bertz CT molecular complexity index is 440. The number of nitrogen functional groups attached to an aromatic ring is 1. The Kier molecular flexibility index (Phi) is 2.59. The molecule has 15 heavy (non-hydrogen) atoms. The molecule has 0 saturated carbocycles. The maximum absolute atomic E-state index is 5.71. The fourth-order valence-electron chi connectivity index (χ4n) is 0.935. The number of hydrogen-bond donors (Lipinski definition) is 3. The molecule has 0 spiro atoms. The van der Waals surface area contributed by atoms with Crippen LogP contribution in [0.1, 0.15) is 5.82 Å². The first kappa shape index (κ1) is 9.59. The number of anilines is 2. The summed E-state index contributed by atoms with van der Waals surface area (Å²) in [6, 6.07) is 0. The van der Waals surface area contributed by atoms with E-state index in [1.54, 1.807) is 0 Å². The fraction of sp³-hybridized carbons (Fsp3) is 0.167. The smallest absolute Gasteiger partial charge is 0.193 e. The molecular formula is C6H7ClN8. The molecule has 0 atom stereocenters. The van der Waals surface area contributed by atoms with Gasteiger partial charge in [0.05, 0.1) is 6.54 Å². The summed E-state index contributed by atoms with van der Waals surface area (Å²) in [6.45, 7) is 0.355. The van der Waals surface area contributed by atoms with Gasteiger partial charge in [-0.1, -0.05) is 16.8 Å². The monoisotopic (exact) mass is 226 g/mol. The van der Waals surface area contributed by atoms with E-state index in [1.165, 1.54) is 6.33 Å². The zero-order chi connectivity index (χ0) is 10.7. The first-order chi connectivity index (χ1) is 7.27. The highest BCUT2D eigenvalue weighted by molar-refractivity contribution is 6.32. The van der Waals surface area contributed by atoms with E-state index in [-0.39, 0.29) is 5.15 Å². The number of halogens is 1. The van der Waals surface area contributed by atoms with Crippen LogP contribution in [0.5, 0.6) is 0 Å². The normalized spacial score (nSPS) is 10.2. The van der Waals surface area contributed by atoms with E-state index in [4.69, 9.17) is 17.3 Å². The fourth-order valence-corrected chi connectivity index (χ4v) is 1.07. The quantitative estimate of drug-likeness (QED) is 0.622. The molecule has 8 nitrogen and oxygen atoms in total. The lowest BCUT2D eigenvalue weighted by Crippen LogP contribution is -2.06. The Hall–Kier alpha value is -1.96. The Morgan fingerprint density at radius 1 is 1.47 bits per heavy atom. The van der Waals surface area contributed by atoms with E-state index >= 15 is 0 Å². The lowest BCUT2D eigenvalue weighted by Gasteiger charge is -2.05. The molecule has 2 aromatic rings. The molecule has 0 unspecified atom stereocenters. The van der Waals surface area contributed by atoms with E-state index in [1.807, 2.05) is 0 Å². The van der Waals surface area contributed by atoms with Gasteiger partial charge in [0.25, 0.3) is 0 Å². The molecule has 0 radical (unpaired) electrons. The lowest BCUT2D eigenvalue weighted by atomic mass is 10.4. The molecule has 4 N–H and O–H groups in total. The van der Waals surface area contributed by atoms with Gasteiger partial charge in [0.15, 0.2) is 16.8 Å². The van der Waals surface area contributed by atoms with E-state index in [9.17, 15) is 0 Å². The molecule has 9 heteroatoms. The Balaban J connectivity index is 2.08. The number of aromatic nitrogens is 6. The van der Waals surface area contributed by atoms with Crippen LogP contribution < -0.4 is 11.1 Å². The summed E-state index contributed by atoms with van der Waals surface area (Å²) in [5.41, 5.74) is 5.93. The summed E-state index contributed by atoms with van der Waals surface area (Å²) in [5.74, 6) is 0.948. The minimum atomic E-state index is 0.209. The van der Waals surface area contributed by atoms with Gasteiger partial charge in [-0.25, -0.2) is 9.97 Å². The van der Waals surface area contributed by atoms with Crippen LogP contribution in [0, 0.1) is 0 Å². The van der Waals surface area contributed by atoms with Crippen molar-refractivity contribution in [2.75, 3.05) is 11.1 Å². The SMILES string of the molecule is Nc1c(Cl)ncnc1NCc1nn[nH]n1. The van der Waals surface area contributed by atoms with Crippen molar-refractivity contribution in [1.29, 1.82) is 0 Å². The number of rotatable bonds is 3. The van der Waals surface area contributed by atoms with Crippen LogP contribution in [0.3, 0.4) is 0 Å². The number of nitrogens with one attached hydrogen (secondary N) is 2. The molecule has 0 fully saturated rings. The summed E-state index contributed by atoms with van der Waals surface area (Å²) in [6.07, 6.45) is 1.32. The number of tetrazole rings is 1. The molecule has 0 amide bonds. The number of nitrogens with zero attached hydrogens (tertiary/aromatic N) is 5. The lowest BCUT2D eigenvalue weighted by molar-refractivity contribution is 0.881. The Morgan fingerprint density at radius 3 is 3.07 bits per heavy atom. The predicted molar refractivity (Wildman–Crippen MR) is 53.0 cm³/mol. The molecule has 2 aromatic heterocycles. The molecule has 78 valence electrons. The second kappa shape index (κ2) is 4.05. The molecule has 0 aliphatic carbocycles. The average Bonchev–Trinajstić information content (AvgIpc) is 2.73. The number of hydrogen-bond acceptors (Lipinski definition) is 7. The Morgan fingerprint density at radius 2 is 2.33 bits per heavy atom. The van der Waals surface area contributed by atoms with Crippen LogP contribution >= 0.6 is 11.6 Å². The van der Waals surface area contributed by atoms with Gasteiger partial charge in [0.1, 0.15) is 12.0 Å². The first-order valence-electron chi connectivity index (χ1n) is 3.99. The van der Waals surface area contributed by atoms with E-state index in [2.05, 4.69) is 35.9 Å². The van der Waals surface area contributed by atoms with Crippen LogP contribution in [0.4, 0.5) is 11.5 Å². The largest absolute Gasteiger partial charge is 0.393 e. The highest BCUT2D eigenvalue weighted by atomic mass is 35.5. The number of nitrogens with two attached hydrogens (primary N) is 1. The predicted octanol–water partition coefficient (Wildman–Crippen LogP) is -0.163. The summed E-state index contributed by atoms with van der Waals surface area (Å²) in [5, 5.41) is 16.4. The molecule has 0 saturated heterocycles. The third-order valence-electron chi connectivity index (χ3n) is 1.64. The van der Waals surface area contributed by atoms with E-state index in [0.717, 1.165) is 0 Å². The van der Waals surface area contributed by atoms with Crippen molar-refractivity contribution in [3.8, 4) is 0 Å². The van der Waals surface area contributed by atoms with Crippen molar-refractivity contribution < 1.29 is 0 Å². The zero-order valence-electron chi connectivity index (χ0n) is 7.48. The van der Waals surface area contributed by atoms with Crippen molar-refractivity contribution in [3.63, 3.8) is 0 Å². The number of aromatic amines is 1. The zero-order valence-corrected chi connectivity index (χ0v) is 8.23. The maximum atomic E-state index is 5.71. The summed E-state index contributed by atoms with van der Waals surface area (Å²) in [7, 11) is 0. The molecule has 0 aromatic carbocycles. The minimum Gasteiger partial charge on any atom is -0.393 e. The van der Waals surface area contributed by atoms with Crippen molar-refractivity contribution in [2.24, 2.45) is 0 Å². The van der Waals surface area contributed by atoms with Crippen LogP contribution in [0.25, 0.3) is 0 Å². The molecule has 0 aliphatic heterocycles. The second-order valence-electron chi connectivity index (χ2n) is 2.61. The second-order valence-corrected chi connectivity index (χ2v) is 2.97. The van der Waals surface area contributed by atoms with Gasteiger partial charge in [-0.05, 0) is 0 Å². The summed E-state index contributed by atoms with van der Waals surface area (Å²) >= 11 is 5.71. The van der Waals surface area contributed by atoms with Crippen molar-refractivity contribution in [1.82, 2.24) is 30.6 Å². The molecule has 2 heterocycles. The van der Waals surface area contributed by atoms with Gasteiger partial charge in [-0.2, -0.15) is 5.21 Å². The van der Waals surface area contributed by atoms with Crippen LogP contribution in [0.15, 0.2) is 6.33 Å². The minimum absolute atomic E-state index is 0.209. The van der Waals surface area contributed by atoms with E-state index < -0.39 is 0 Å². The maximum Gasteiger partial charge on any atom is 0.193 e. The van der Waals surface area contributed by atoms with Crippen molar-refractivity contribution >= 4 is 23.1 Å². The van der Waals surface area contributed by atoms with Gasteiger partial charge >= 0.3 is 0 Å². The van der Waals surface area contributed by atoms with E-state index in [0.29, 0.717) is 23.9 Å². The van der Waals surface area contributed by atoms with Crippen molar-refractivity contribution in [3.05, 3.63) is 17.3 Å². The Labute approximate surface area is 89.3 Å². The number of H-pyrrole nitrogens is 1.